The fourth-order valence-corrected chi connectivity index (χ4v) is 4.77. The molecule has 5 heterocycles. The average molecular weight is 538 g/mol. The Morgan fingerprint density at radius 2 is 1.81 bits per heavy atom. The zero-order chi connectivity index (χ0) is 26.5. The highest BCUT2D eigenvalue weighted by atomic mass is 35.5. The number of imidazole rings is 1. The molecule has 3 N–H and O–H groups in total. The summed E-state index contributed by atoms with van der Waals surface area (Å²) >= 11 is 6.29. The van der Waals surface area contributed by atoms with Gasteiger partial charge in [-0.1, -0.05) is 20.8 Å². The number of rotatable bonds is 4. The van der Waals surface area contributed by atoms with Gasteiger partial charge in [0.05, 0.1) is 6.33 Å². The third kappa shape index (κ3) is 5.23. The Balaban J connectivity index is 1.42. The Hall–Kier alpha value is -2.58. The van der Waals surface area contributed by atoms with Crippen molar-refractivity contribution in [3.05, 3.63) is 11.6 Å². The zero-order valence-corrected chi connectivity index (χ0v) is 22.2. The van der Waals surface area contributed by atoms with Crippen molar-refractivity contribution in [1.29, 1.82) is 0 Å². The molecule has 0 bridgehead atoms. The zero-order valence-electron chi connectivity index (χ0n) is 21.4. The molecule has 0 saturated carbocycles. The van der Waals surface area contributed by atoms with Gasteiger partial charge in [0.15, 0.2) is 35.1 Å². The first kappa shape index (κ1) is 26.0. The van der Waals surface area contributed by atoms with Gasteiger partial charge in [0.25, 0.3) is 5.91 Å². The van der Waals surface area contributed by atoms with E-state index < -0.39 is 41.6 Å². The smallest absolute Gasteiger partial charge is 0.270 e. The van der Waals surface area contributed by atoms with E-state index in [2.05, 4.69) is 31.1 Å². The van der Waals surface area contributed by atoms with Gasteiger partial charge in [0.2, 0.25) is 11.2 Å². The number of nitrogens with zero attached hydrogens (tertiary/aromatic N) is 4. The monoisotopic (exact) mass is 537 g/mol. The van der Waals surface area contributed by atoms with E-state index in [9.17, 15) is 9.59 Å². The lowest BCUT2D eigenvalue weighted by atomic mass is 9.96. The average Bonchev–Trinajstić information content (AvgIpc) is 3.47. The molecule has 13 nitrogen and oxygen atoms in total. The molecule has 3 aliphatic heterocycles. The number of hydrogen-bond acceptors (Lipinski definition) is 10. The summed E-state index contributed by atoms with van der Waals surface area (Å²) in [6, 6.07) is 0.170. The largest absolute Gasteiger partial charge is 0.381 e. The van der Waals surface area contributed by atoms with Crippen LogP contribution in [0, 0.1) is 5.41 Å². The Morgan fingerprint density at radius 1 is 1.11 bits per heavy atom. The van der Waals surface area contributed by atoms with Crippen LogP contribution in [0.5, 0.6) is 0 Å². The van der Waals surface area contributed by atoms with Gasteiger partial charge in [0, 0.05) is 24.7 Å². The molecular weight excluding hydrogens is 506 g/mol. The molecule has 202 valence electrons. The van der Waals surface area contributed by atoms with E-state index in [1.54, 1.807) is 45.5 Å². The fourth-order valence-electron chi connectivity index (χ4n) is 4.60. The van der Waals surface area contributed by atoms with Gasteiger partial charge >= 0.3 is 0 Å². The van der Waals surface area contributed by atoms with E-state index >= 15 is 0 Å². The number of carbonyl (C=O) groups excluding carboxylic acids is 2. The van der Waals surface area contributed by atoms with Crippen LogP contribution >= 0.6 is 11.6 Å². The van der Waals surface area contributed by atoms with Crippen molar-refractivity contribution in [2.45, 2.75) is 83.8 Å². The predicted octanol–water partition coefficient (Wildman–Crippen LogP) is 1.68. The van der Waals surface area contributed by atoms with E-state index in [1.807, 2.05) is 0 Å². The molecule has 0 spiro atoms. The van der Waals surface area contributed by atoms with Gasteiger partial charge in [-0.25, -0.2) is 4.98 Å². The van der Waals surface area contributed by atoms with E-state index in [0.29, 0.717) is 30.2 Å². The minimum atomic E-state index is -1.06. The van der Waals surface area contributed by atoms with Crippen LogP contribution in [0.2, 0.25) is 5.28 Å². The van der Waals surface area contributed by atoms with Crippen molar-refractivity contribution in [1.82, 2.24) is 30.4 Å². The molecule has 2 aromatic rings. The number of hydrogen-bond donors (Lipinski definition) is 3. The van der Waals surface area contributed by atoms with Crippen molar-refractivity contribution in [3.8, 4) is 0 Å². The maximum Gasteiger partial charge on any atom is 0.270 e. The fraction of sp³-hybridized carbons (Fsp3) is 0.696. The summed E-state index contributed by atoms with van der Waals surface area (Å²) in [5, 5.41) is 3.44. The number of fused-ring (bicyclic) bond motifs is 2. The Bertz CT molecular complexity index is 1190. The highest BCUT2D eigenvalue weighted by molar-refractivity contribution is 6.28. The van der Waals surface area contributed by atoms with Gasteiger partial charge in [-0.15, -0.1) is 0 Å². The summed E-state index contributed by atoms with van der Waals surface area (Å²) in [7, 11) is 0. The van der Waals surface area contributed by atoms with Gasteiger partial charge in [-0.3, -0.25) is 25.0 Å². The SMILES string of the molecule is CC1(C)O[C@@H]2[C@H](O1)[C@@H](C(=O)NNC(=O)C(C)(C)C)O[C@H]2n1cnc2c(NC3CCOCC3)nc(Cl)nc21. The van der Waals surface area contributed by atoms with Crippen LogP contribution in [0.25, 0.3) is 11.2 Å². The Labute approximate surface area is 218 Å². The summed E-state index contributed by atoms with van der Waals surface area (Å²) < 4.78 is 25.4. The number of carbonyl (C=O) groups is 2. The van der Waals surface area contributed by atoms with Crippen LogP contribution in [0.3, 0.4) is 0 Å². The number of aromatic nitrogens is 4. The van der Waals surface area contributed by atoms with Crippen molar-refractivity contribution in [2.75, 3.05) is 18.5 Å². The van der Waals surface area contributed by atoms with E-state index in [1.165, 1.54) is 0 Å². The summed E-state index contributed by atoms with van der Waals surface area (Å²) in [4.78, 5) is 38.6. The predicted molar refractivity (Wildman–Crippen MR) is 131 cm³/mol. The maximum absolute atomic E-state index is 13.1. The maximum atomic E-state index is 13.1. The van der Waals surface area contributed by atoms with Crippen molar-refractivity contribution in [3.63, 3.8) is 0 Å². The molecule has 4 atom stereocenters. The molecule has 5 rings (SSSR count). The quantitative estimate of drug-likeness (QED) is 0.388. The van der Waals surface area contributed by atoms with Gasteiger partial charge in [-0.2, -0.15) is 9.97 Å². The van der Waals surface area contributed by atoms with E-state index in [0.717, 1.165) is 12.8 Å². The molecule has 3 saturated heterocycles. The van der Waals surface area contributed by atoms with Crippen molar-refractivity contribution < 1.29 is 28.5 Å². The van der Waals surface area contributed by atoms with Crippen LogP contribution in [-0.2, 0) is 28.5 Å². The molecule has 0 aromatic carbocycles. The molecule has 37 heavy (non-hydrogen) atoms. The molecule has 3 aliphatic rings. The lowest BCUT2D eigenvalue weighted by molar-refractivity contribution is -0.197. The highest BCUT2D eigenvalue weighted by Crippen LogP contribution is 2.44. The minimum Gasteiger partial charge on any atom is -0.381 e. The summed E-state index contributed by atoms with van der Waals surface area (Å²) in [6.45, 7) is 10.1. The number of halogens is 1. The third-order valence-corrected chi connectivity index (χ3v) is 6.67. The second kappa shape index (κ2) is 9.62. The standard InChI is InChI=1S/C23H32ClN7O6/c1-22(2,3)20(33)30-29-18(32)14-13-15(37-23(4,5)36-13)19(35-14)31-10-25-12-16(27-21(24)28-17(12)31)26-11-6-8-34-9-7-11/h10-11,13-15,19H,6-9H2,1-5H3,(H,29,32)(H,30,33)(H,26,27,28)/t13-,14+,15-,19-/m1/s1. The van der Waals surface area contributed by atoms with Gasteiger partial charge in [0.1, 0.15) is 12.2 Å². The Kier molecular flexibility index (Phi) is 6.77. The molecule has 2 aromatic heterocycles. The molecule has 0 radical (unpaired) electrons. The van der Waals surface area contributed by atoms with Gasteiger partial charge in [-0.05, 0) is 38.3 Å². The molecule has 0 unspecified atom stereocenters. The normalized spacial score (nSPS) is 27.7. The van der Waals surface area contributed by atoms with Crippen LogP contribution in [0.4, 0.5) is 5.82 Å². The molecule has 14 heteroatoms. The third-order valence-electron chi connectivity index (χ3n) is 6.50. The van der Waals surface area contributed by atoms with Crippen LogP contribution in [-0.4, -0.2) is 74.7 Å². The lowest BCUT2D eigenvalue weighted by Gasteiger charge is -2.25. The second-order valence-corrected chi connectivity index (χ2v) is 11.2. The first-order chi connectivity index (χ1) is 17.4. The van der Waals surface area contributed by atoms with Crippen LogP contribution in [0.15, 0.2) is 6.33 Å². The lowest BCUT2D eigenvalue weighted by Crippen LogP contribution is -2.52. The molecular formula is C23H32ClN7O6. The minimum absolute atomic E-state index is 0.0430. The summed E-state index contributed by atoms with van der Waals surface area (Å²) in [6.07, 6.45) is -0.0183. The Morgan fingerprint density at radius 3 is 2.51 bits per heavy atom. The number of nitrogens with one attached hydrogen (secondary N) is 3. The van der Waals surface area contributed by atoms with Crippen molar-refractivity contribution >= 4 is 40.4 Å². The van der Waals surface area contributed by atoms with Gasteiger partial charge < -0.3 is 24.3 Å². The number of ether oxygens (including phenoxy) is 4. The first-order valence-electron chi connectivity index (χ1n) is 12.3. The number of anilines is 1. The van der Waals surface area contributed by atoms with Crippen molar-refractivity contribution in [2.24, 2.45) is 5.41 Å². The highest BCUT2D eigenvalue weighted by Gasteiger charge is 2.58. The topological polar surface area (TPSA) is 151 Å². The molecule has 3 fully saturated rings. The summed E-state index contributed by atoms with van der Waals surface area (Å²) in [5.74, 6) is -1.34. The summed E-state index contributed by atoms with van der Waals surface area (Å²) in [5.41, 5.74) is 5.14. The molecule has 2 amide bonds. The second-order valence-electron chi connectivity index (χ2n) is 10.9. The van der Waals surface area contributed by atoms with Crippen LogP contribution in [0.1, 0.15) is 53.7 Å². The van der Waals surface area contributed by atoms with E-state index in [4.69, 9.17) is 30.5 Å². The number of hydrazine groups is 1. The van der Waals surface area contributed by atoms with E-state index in [-0.39, 0.29) is 17.2 Å². The number of amides is 2. The first-order valence-corrected chi connectivity index (χ1v) is 12.7. The molecule has 0 aliphatic carbocycles. The van der Waals surface area contributed by atoms with Crippen LogP contribution < -0.4 is 16.2 Å².